The fourth-order valence-electron chi connectivity index (χ4n) is 2.49. The van der Waals surface area contributed by atoms with E-state index in [-0.39, 0.29) is 5.82 Å². The minimum absolute atomic E-state index is 0.282. The summed E-state index contributed by atoms with van der Waals surface area (Å²) < 4.78 is 30.8. The summed E-state index contributed by atoms with van der Waals surface area (Å²) in [6, 6.07) is 15.8. The van der Waals surface area contributed by atoms with Crippen molar-refractivity contribution in [2.24, 2.45) is 4.99 Å². The van der Waals surface area contributed by atoms with Gasteiger partial charge in [-0.15, -0.1) is 0 Å². The number of hydrogen-bond acceptors (Lipinski definition) is 3. The van der Waals surface area contributed by atoms with Gasteiger partial charge < -0.3 is 15.0 Å². The first kappa shape index (κ1) is 21.9. The summed E-state index contributed by atoms with van der Waals surface area (Å²) >= 11 is 0. The Labute approximate surface area is 169 Å². The van der Waals surface area contributed by atoms with Gasteiger partial charge in [0.15, 0.2) is 5.96 Å². The van der Waals surface area contributed by atoms with Gasteiger partial charge in [0.05, 0.1) is 13.1 Å². The number of guanidine groups is 1. The van der Waals surface area contributed by atoms with Gasteiger partial charge in [0.1, 0.15) is 18.2 Å². The zero-order valence-corrected chi connectivity index (χ0v) is 17.3. The van der Waals surface area contributed by atoms with Gasteiger partial charge in [-0.25, -0.2) is 4.39 Å². The number of benzene rings is 2. The van der Waals surface area contributed by atoms with Crippen molar-refractivity contribution in [1.82, 2.24) is 10.2 Å². The first-order chi connectivity index (χ1) is 13.6. The molecule has 152 valence electrons. The van der Waals surface area contributed by atoms with E-state index in [0.29, 0.717) is 37.0 Å². The first-order valence-electron chi connectivity index (χ1n) is 9.35. The van der Waals surface area contributed by atoms with Gasteiger partial charge in [0.25, 0.3) is 0 Å². The average molecular weight is 406 g/mol. The molecule has 0 spiro atoms. The number of likely N-dealkylation sites (N-methyl/N-ethyl adjacent to an activating group) is 1. The van der Waals surface area contributed by atoms with Crippen LogP contribution < -0.4 is 10.1 Å². The van der Waals surface area contributed by atoms with Crippen molar-refractivity contribution < 1.29 is 13.3 Å². The van der Waals surface area contributed by atoms with E-state index < -0.39 is 10.8 Å². The van der Waals surface area contributed by atoms with Crippen molar-refractivity contribution in [1.29, 1.82) is 0 Å². The highest BCUT2D eigenvalue weighted by atomic mass is 32.2. The monoisotopic (exact) mass is 405 g/mol. The van der Waals surface area contributed by atoms with Gasteiger partial charge in [-0.2, -0.15) is 0 Å². The fourth-order valence-corrected chi connectivity index (χ4v) is 3.50. The zero-order valence-electron chi connectivity index (χ0n) is 16.4. The zero-order chi connectivity index (χ0) is 20.2. The lowest BCUT2D eigenvalue weighted by Crippen LogP contribution is -2.41. The van der Waals surface area contributed by atoms with E-state index in [1.54, 1.807) is 12.1 Å². The largest absolute Gasteiger partial charge is 0.492 e. The van der Waals surface area contributed by atoms with Crippen LogP contribution in [0, 0.1) is 5.82 Å². The van der Waals surface area contributed by atoms with Crippen LogP contribution in [0.5, 0.6) is 5.75 Å². The second-order valence-corrected chi connectivity index (χ2v) is 7.81. The topological polar surface area (TPSA) is 53.9 Å². The van der Waals surface area contributed by atoms with Crippen molar-refractivity contribution in [3.05, 3.63) is 66.0 Å². The molecule has 0 aromatic heterocycles. The van der Waals surface area contributed by atoms with Gasteiger partial charge in [0.2, 0.25) is 0 Å². The number of nitrogens with one attached hydrogen (secondary N) is 1. The highest BCUT2D eigenvalue weighted by Gasteiger charge is 2.07. The number of hydrogen-bond donors (Lipinski definition) is 1. The van der Waals surface area contributed by atoms with Crippen molar-refractivity contribution in [2.45, 2.75) is 12.7 Å². The smallest absolute Gasteiger partial charge is 0.193 e. The molecular weight excluding hydrogens is 377 g/mol. The molecule has 2 rings (SSSR count). The third-order valence-electron chi connectivity index (χ3n) is 3.96. The molecule has 1 unspecified atom stereocenters. The molecule has 0 aliphatic heterocycles. The standard InChI is InChI=1S/C21H28FN3O2S/c1-3-23-21(24-13-16-28(26)17-18-7-5-4-6-8-18)25(2)14-15-27-20-11-9-19(22)10-12-20/h4-12H,3,13-17H2,1-2H3,(H,23,24). The number of rotatable bonds is 10. The van der Waals surface area contributed by atoms with Crippen LogP contribution in [0.1, 0.15) is 12.5 Å². The Morgan fingerprint density at radius 3 is 2.57 bits per heavy atom. The van der Waals surface area contributed by atoms with Gasteiger partial charge in [-0.1, -0.05) is 30.3 Å². The molecule has 2 aromatic carbocycles. The molecule has 2 aromatic rings. The number of nitrogens with zero attached hydrogens (tertiary/aromatic N) is 2. The van der Waals surface area contributed by atoms with E-state index >= 15 is 0 Å². The summed E-state index contributed by atoms with van der Waals surface area (Å²) in [5.74, 6) is 2.17. The van der Waals surface area contributed by atoms with Crippen LogP contribution in [0.3, 0.4) is 0 Å². The molecule has 0 aliphatic rings. The van der Waals surface area contributed by atoms with Crippen LogP contribution in [0.4, 0.5) is 4.39 Å². The van der Waals surface area contributed by atoms with Crippen LogP contribution in [0.25, 0.3) is 0 Å². The van der Waals surface area contributed by atoms with Crippen LogP contribution in [-0.4, -0.2) is 54.1 Å². The summed E-state index contributed by atoms with van der Waals surface area (Å²) in [4.78, 5) is 6.53. The predicted molar refractivity (Wildman–Crippen MR) is 114 cm³/mol. The van der Waals surface area contributed by atoms with E-state index in [0.717, 1.165) is 18.1 Å². The highest BCUT2D eigenvalue weighted by molar-refractivity contribution is 7.84. The van der Waals surface area contributed by atoms with Crippen LogP contribution in [-0.2, 0) is 16.6 Å². The molecule has 0 bridgehead atoms. The molecule has 0 aliphatic carbocycles. The van der Waals surface area contributed by atoms with Crippen molar-refractivity contribution in [3.63, 3.8) is 0 Å². The second kappa shape index (κ2) is 12.1. The molecule has 1 atom stereocenters. The lowest BCUT2D eigenvalue weighted by atomic mass is 10.2. The van der Waals surface area contributed by atoms with Gasteiger partial charge >= 0.3 is 0 Å². The quantitative estimate of drug-likeness (QED) is 0.488. The van der Waals surface area contributed by atoms with E-state index in [1.165, 1.54) is 12.1 Å². The molecule has 0 amide bonds. The molecule has 1 N–H and O–H groups in total. The maximum atomic E-state index is 12.9. The van der Waals surface area contributed by atoms with Gasteiger partial charge in [0, 0.05) is 35.9 Å². The Kier molecular flexibility index (Phi) is 9.48. The van der Waals surface area contributed by atoms with Crippen LogP contribution in [0.15, 0.2) is 59.6 Å². The molecule has 0 saturated carbocycles. The maximum absolute atomic E-state index is 12.9. The van der Waals surface area contributed by atoms with Crippen LogP contribution in [0.2, 0.25) is 0 Å². The highest BCUT2D eigenvalue weighted by Crippen LogP contribution is 2.10. The lowest BCUT2D eigenvalue weighted by Gasteiger charge is -2.22. The average Bonchev–Trinajstić information content (AvgIpc) is 2.69. The molecule has 28 heavy (non-hydrogen) atoms. The van der Waals surface area contributed by atoms with Gasteiger partial charge in [-0.3, -0.25) is 9.20 Å². The predicted octanol–water partition coefficient (Wildman–Crippen LogP) is 3.05. The Hall–Kier alpha value is -2.41. The third kappa shape index (κ3) is 8.08. The summed E-state index contributed by atoms with van der Waals surface area (Å²) in [5.41, 5.74) is 1.08. The SMILES string of the molecule is CCNC(=NCCS(=O)Cc1ccccc1)N(C)CCOc1ccc(F)cc1. The summed E-state index contributed by atoms with van der Waals surface area (Å²) in [7, 11) is 0.981. The summed E-state index contributed by atoms with van der Waals surface area (Å²) in [6.07, 6.45) is 0. The molecule has 7 heteroatoms. The lowest BCUT2D eigenvalue weighted by molar-refractivity contribution is 0.281. The third-order valence-corrected chi connectivity index (χ3v) is 5.25. The molecule has 0 saturated heterocycles. The van der Waals surface area contributed by atoms with Crippen molar-refractivity contribution >= 4 is 16.8 Å². The Morgan fingerprint density at radius 1 is 1.18 bits per heavy atom. The van der Waals surface area contributed by atoms with Crippen molar-refractivity contribution in [2.75, 3.05) is 39.0 Å². The number of ether oxygens (including phenoxy) is 1. The number of halogens is 1. The minimum atomic E-state index is -0.946. The van der Waals surface area contributed by atoms with Crippen LogP contribution >= 0.6 is 0 Å². The Bertz CT molecular complexity index is 754. The molecule has 0 fully saturated rings. The van der Waals surface area contributed by atoms with E-state index in [4.69, 9.17) is 4.74 Å². The van der Waals surface area contributed by atoms with E-state index in [1.807, 2.05) is 49.2 Å². The molecular formula is C21H28FN3O2S. The Morgan fingerprint density at radius 2 is 1.89 bits per heavy atom. The first-order valence-corrected chi connectivity index (χ1v) is 10.8. The van der Waals surface area contributed by atoms with E-state index in [2.05, 4.69) is 10.3 Å². The Balaban J connectivity index is 1.77. The summed E-state index contributed by atoms with van der Waals surface area (Å²) in [5, 5.41) is 3.23. The van der Waals surface area contributed by atoms with Crippen molar-refractivity contribution in [3.8, 4) is 5.75 Å². The molecule has 0 radical (unpaired) electrons. The summed E-state index contributed by atoms with van der Waals surface area (Å²) in [6.45, 7) is 4.31. The normalized spacial score (nSPS) is 12.5. The minimum Gasteiger partial charge on any atom is -0.492 e. The second-order valence-electron chi connectivity index (χ2n) is 6.23. The van der Waals surface area contributed by atoms with E-state index in [9.17, 15) is 8.60 Å². The van der Waals surface area contributed by atoms with Gasteiger partial charge in [-0.05, 0) is 36.8 Å². The molecule has 5 nitrogen and oxygen atoms in total. The fraction of sp³-hybridized carbons (Fsp3) is 0.381. The molecule has 0 heterocycles. The maximum Gasteiger partial charge on any atom is 0.193 e. The number of aliphatic imine (C=N–C) groups is 1.